The van der Waals surface area contributed by atoms with Crippen LogP contribution in [0, 0.1) is 16.0 Å². The van der Waals surface area contributed by atoms with E-state index < -0.39 is 16.8 Å². The number of nitro groups is 1. The number of rotatable bonds is 12. The van der Waals surface area contributed by atoms with Gasteiger partial charge in [-0.1, -0.05) is 12.1 Å². The third-order valence-electron chi connectivity index (χ3n) is 3.78. The molecule has 0 amide bonds. The van der Waals surface area contributed by atoms with E-state index in [1.807, 2.05) is 0 Å². The number of ketones is 1. The fourth-order valence-corrected chi connectivity index (χ4v) is 2.36. The largest absolute Gasteiger partial charge is 0.465 e. The van der Waals surface area contributed by atoms with Gasteiger partial charge in [-0.15, -0.1) is 0 Å². The van der Waals surface area contributed by atoms with Crippen LogP contribution < -0.4 is 0 Å². The lowest BCUT2D eigenvalue weighted by atomic mass is 9.98. The van der Waals surface area contributed by atoms with Crippen LogP contribution in [0.15, 0.2) is 24.3 Å². The SMILES string of the molecule is CCOC(=O)C(CCCCOCCc1ccc([N+](=O)[O-])cc1)C(C)=O. The predicted octanol–water partition coefficient (Wildman–Crippen LogP) is 3.09. The summed E-state index contributed by atoms with van der Waals surface area (Å²) < 4.78 is 10.4. The zero-order chi connectivity index (χ0) is 18.7. The van der Waals surface area contributed by atoms with Crippen molar-refractivity contribution in [1.29, 1.82) is 0 Å². The van der Waals surface area contributed by atoms with Gasteiger partial charge < -0.3 is 9.47 Å². The van der Waals surface area contributed by atoms with Crippen molar-refractivity contribution in [1.82, 2.24) is 0 Å². The standard InChI is InChI=1S/C18H25NO6/c1-3-25-18(21)17(14(2)20)6-4-5-12-24-13-11-15-7-9-16(10-8-15)19(22)23/h7-10,17H,3-6,11-13H2,1-2H3. The van der Waals surface area contributed by atoms with Gasteiger partial charge in [-0.3, -0.25) is 19.7 Å². The van der Waals surface area contributed by atoms with Crippen molar-refractivity contribution in [2.75, 3.05) is 19.8 Å². The lowest BCUT2D eigenvalue weighted by Crippen LogP contribution is -2.24. The summed E-state index contributed by atoms with van der Waals surface area (Å²) in [4.78, 5) is 33.3. The van der Waals surface area contributed by atoms with E-state index in [0.717, 1.165) is 12.0 Å². The topological polar surface area (TPSA) is 95.7 Å². The summed E-state index contributed by atoms with van der Waals surface area (Å²) in [6.07, 6.45) is 2.61. The summed E-state index contributed by atoms with van der Waals surface area (Å²) in [7, 11) is 0. The molecule has 1 aromatic rings. The Bertz CT molecular complexity index is 569. The number of ether oxygens (including phenoxy) is 2. The summed E-state index contributed by atoms with van der Waals surface area (Å²) >= 11 is 0. The number of hydrogen-bond donors (Lipinski definition) is 0. The fraction of sp³-hybridized carbons (Fsp3) is 0.556. The van der Waals surface area contributed by atoms with Crippen LogP contribution in [0.1, 0.15) is 38.7 Å². The highest BCUT2D eigenvalue weighted by molar-refractivity contribution is 5.97. The summed E-state index contributed by atoms with van der Waals surface area (Å²) in [5, 5.41) is 10.6. The molecule has 0 fully saturated rings. The molecular formula is C18H25NO6. The maximum absolute atomic E-state index is 11.7. The Labute approximate surface area is 147 Å². The molecule has 138 valence electrons. The molecule has 7 heteroatoms. The van der Waals surface area contributed by atoms with Gasteiger partial charge in [0.2, 0.25) is 0 Å². The van der Waals surface area contributed by atoms with E-state index >= 15 is 0 Å². The van der Waals surface area contributed by atoms with E-state index in [-0.39, 0.29) is 18.1 Å². The summed E-state index contributed by atoms with van der Waals surface area (Å²) in [5.41, 5.74) is 1.05. The second kappa shape index (κ2) is 11.3. The van der Waals surface area contributed by atoms with Gasteiger partial charge >= 0.3 is 5.97 Å². The molecule has 0 N–H and O–H groups in total. The van der Waals surface area contributed by atoms with Gasteiger partial charge in [-0.2, -0.15) is 0 Å². The minimum atomic E-state index is -0.681. The van der Waals surface area contributed by atoms with Gasteiger partial charge in [-0.05, 0) is 45.1 Å². The molecule has 0 saturated carbocycles. The molecular weight excluding hydrogens is 326 g/mol. The first kappa shape index (κ1) is 20.8. The minimum Gasteiger partial charge on any atom is -0.465 e. The van der Waals surface area contributed by atoms with Crippen molar-refractivity contribution >= 4 is 17.4 Å². The second-order valence-corrected chi connectivity index (χ2v) is 5.70. The van der Waals surface area contributed by atoms with Crippen molar-refractivity contribution in [2.24, 2.45) is 5.92 Å². The van der Waals surface area contributed by atoms with E-state index in [9.17, 15) is 19.7 Å². The van der Waals surface area contributed by atoms with Crippen LogP contribution in [-0.2, 0) is 25.5 Å². The Kier molecular flexibility index (Phi) is 9.39. The van der Waals surface area contributed by atoms with Crippen LogP contribution in [0.25, 0.3) is 0 Å². The van der Waals surface area contributed by atoms with Crippen molar-refractivity contribution in [3.8, 4) is 0 Å². The molecule has 0 aliphatic heterocycles. The number of nitrogens with zero attached hydrogens (tertiary/aromatic N) is 1. The van der Waals surface area contributed by atoms with E-state index in [0.29, 0.717) is 32.5 Å². The number of benzene rings is 1. The number of carbonyl (C=O) groups excluding carboxylic acids is 2. The highest BCUT2D eigenvalue weighted by atomic mass is 16.6. The Morgan fingerprint density at radius 2 is 1.84 bits per heavy atom. The summed E-state index contributed by atoms with van der Waals surface area (Å²) in [5.74, 6) is -1.30. The number of non-ortho nitro benzene ring substituents is 1. The predicted molar refractivity (Wildman–Crippen MR) is 92.3 cm³/mol. The van der Waals surface area contributed by atoms with Crippen molar-refractivity contribution < 1.29 is 24.0 Å². The van der Waals surface area contributed by atoms with Crippen LogP contribution in [0.5, 0.6) is 0 Å². The maximum atomic E-state index is 11.7. The lowest BCUT2D eigenvalue weighted by molar-refractivity contribution is -0.384. The third kappa shape index (κ3) is 7.89. The number of Topliss-reactive ketones (excluding diaryl/α,β-unsaturated/α-hetero) is 1. The van der Waals surface area contributed by atoms with Gasteiger partial charge in [-0.25, -0.2) is 0 Å². The van der Waals surface area contributed by atoms with E-state index in [1.54, 1.807) is 19.1 Å². The molecule has 7 nitrogen and oxygen atoms in total. The Hall–Kier alpha value is -2.28. The molecule has 0 radical (unpaired) electrons. The van der Waals surface area contributed by atoms with Crippen LogP contribution in [0.4, 0.5) is 5.69 Å². The normalized spacial score (nSPS) is 11.8. The number of carbonyl (C=O) groups is 2. The van der Waals surface area contributed by atoms with E-state index in [4.69, 9.17) is 9.47 Å². The molecule has 0 saturated heterocycles. The lowest BCUT2D eigenvalue weighted by Gasteiger charge is -2.12. The van der Waals surface area contributed by atoms with Crippen LogP contribution in [0.2, 0.25) is 0 Å². The maximum Gasteiger partial charge on any atom is 0.316 e. The van der Waals surface area contributed by atoms with Crippen LogP contribution >= 0.6 is 0 Å². The second-order valence-electron chi connectivity index (χ2n) is 5.70. The highest BCUT2D eigenvalue weighted by Gasteiger charge is 2.23. The van der Waals surface area contributed by atoms with Crippen molar-refractivity contribution in [3.63, 3.8) is 0 Å². The first-order valence-electron chi connectivity index (χ1n) is 8.43. The van der Waals surface area contributed by atoms with Crippen molar-refractivity contribution in [2.45, 2.75) is 39.5 Å². The summed E-state index contributed by atoms with van der Waals surface area (Å²) in [6.45, 7) is 4.46. The Balaban J connectivity index is 2.18. The molecule has 0 aliphatic carbocycles. The Morgan fingerprint density at radius 3 is 2.40 bits per heavy atom. The first-order valence-corrected chi connectivity index (χ1v) is 8.43. The molecule has 1 atom stereocenters. The van der Waals surface area contributed by atoms with Crippen LogP contribution in [-0.4, -0.2) is 36.5 Å². The monoisotopic (exact) mass is 351 g/mol. The average Bonchev–Trinajstić information content (AvgIpc) is 2.57. The highest BCUT2D eigenvalue weighted by Crippen LogP contribution is 2.13. The minimum absolute atomic E-state index is 0.0753. The number of hydrogen-bond acceptors (Lipinski definition) is 6. The van der Waals surface area contributed by atoms with Crippen molar-refractivity contribution in [3.05, 3.63) is 39.9 Å². The summed E-state index contributed by atoms with van der Waals surface area (Å²) in [6, 6.07) is 6.40. The van der Waals surface area contributed by atoms with Gasteiger partial charge in [0.15, 0.2) is 0 Å². The van der Waals surface area contributed by atoms with Gasteiger partial charge in [0, 0.05) is 18.7 Å². The quantitative estimate of drug-likeness (QED) is 0.189. The van der Waals surface area contributed by atoms with E-state index in [1.165, 1.54) is 19.1 Å². The molecule has 0 aromatic heterocycles. The molecule has 1 aromatic carbocycles. The van der Waals surface area contributed by atoms with Gasteiger partial charge in [0.1, 0.15) is 11.7 Å². The molecule has 1 rings (SSSR count). The number of unbranched alkanes of at least 4 members (excludes halogenated alkanes) is 1. The van der Waals surface area contributed by atoms with E-state index in [2.05, 4.69) is 0 Å². The zero-order valence-corrected chi connectivity index (χ0v) is 14.7. The smallest absolute Gasteiger partial charge is 0.316 e. The molecule has 0 heterocycles. The first-order chi connectivity index (χ1) is 12.0. The number of esters is 1. The molecule has 1 unspecified atom stereocenters. The third-order valence-corrected chi connectivity index (χ3v) is 3.78. The zero-order valence-electron chi connectivity index (χ0n) is 14.7. The van der Waals surface area contributed by atoms with Gasteiger partial charge in [0.05, 0.1) is 18.1 Å². The van der Waals surface area contributed by atoms with Gasteiger partial charge in [0.25, 0.3) is 5.69 Å². The Morgan fingerprint density at radius 1 is 1.16 bits per heavy atom. The fourth-order valence-electron chi connectivity index (χ4n) is 2.36. The average molecular weight is 351 g/mol. The number of nitro benzene ring substituents is 1. The molecule has 0 spiro atoms. The molecule has 0 bridgehead atoms. The molecule has 25 heavy (non-hydrogen) atoms. The van der Waals surface area contributed by atoms with Crippen LogP contribution in [0.3, 0.4) is 0 Å². The molecule has 0 aliphatic rings.